The maximum absolute atomic E-state index is 5.67. The first-order valence-corrected chi connectivity index (χ1v) is 5.11. The summed E-state index contributed by atoms with van der Waals surface area (Å²) in [5.41, 5.74) is 0. The van der Waals surface area contributed by atoms with E-state index in [1.165, 1.54) is 0 Å². The van der Waals surface area contributed by atoms with E-state index in [-0.39, 0.29) is 12.2 Å². The molecule has 13 heavy (non-hydrogen) atoms. The summed E-state index contributed by atoms with van der Waals surface area (Å²) in [4.78, 5) is 0. The number of hydrogen-bond acceptors (Lipinski definition) is 3. The SMILES string of the molecule is CCCOC1(C)OC(C)C(CC)O1. The van der Waals surface area contributed by atoms with Gasteiger partial charge in [0.25, 0.3) is 5.97 Å². The third kappa shape index (κ3) is 2.66. The summed E-state index contributed by atoms with van der Waals surface area (Å²) in [6.07, 6.45) is 2.24. The van der Waals surface area contributed by atoms with Crippen LogP contribution in [0.1, 0.15) is 40.5 Å². The highest BCUT2D eigenvalue weighted by Gasteiger charge is 2.42. The maximum atomic E-state index is 5.67. The van der Waals surface area contributed by atoms with Crippen LogP contribution in [0.2, 0.25) is 0 Å². The zero-order valence-corrected chi connectivity index (χ0v) is 9.00. The quantitative estimate of drug-likeness (QED) is 0.677. The van der Waals surface area contributed by atoms with E-state index in [2.05, 4.69) is 13.8 Å². The molecule has 3 unspecified atom stereocenters. The third-order valence-corrected chi connectivity index (χ3v) is 2.26. The molecular weight excluding hydrogens is 168 g/mol. The largest absolute Gasteiger partial charge is 0.328 e. The summed E-state index contributed by atoms with van der Waals surface area (Å²) < 4.78 is 16.8. The van der Waals surface area contributed by atoms with Crippen LogP contribution in [-0.2, 0) is 14.2 Å². The molecule has 0 saturated carbocycles. The highest BCUT2D eigenvalue weighted by molar-refractivity contribution is 4.74. The molecule has 1 aliphatic rings. The van der Waals surface area contributed by atoms with Gasteiger partial charge in [0.15, 0.2) is 0 Å². The molecule has 1 heterocycles. The standard InChI is InChI=1S/C10H20O3/c1-5-7-11-10(4)12-8(3)9(6-2)13-10/h8-9H,5-7H2,1-4H3. The van der Waals surface area contributed by atoms with Crippen LogP contribution in [-0.4, -0.2) is 24.8 Å². The summed E-state index contributed by atoms with van der Waals surface area (Å²) in [5.74, 6) is -0.809. The van der Waals surface area contributed by atoms with Gasteiger partial charge < -0.3 is 14.2 Å². The Balaban J connectivity index is 2.44. The van der Waals surface area contributed by atoms with E-state index in [0.29, 0.717) is 6.61 Å². The molecule has 1 fully saturated rings. The molecule has 0 amide bonds. The fourth-order valence-electron chi connectivity index (χ4n) is 1.58. The molecule has 1 aliphatic heterocycles. The van der Waals surface area contributed by atoms with Gasteiger partial charge >= 0.3 is 0 Å². The van der Waals surface area contributed by atoms with Crippen LogP contribution in [0.25, 0.3) is 0 Å². The predicted octanol–water partition coefficient (Wildman–Crippen LogP) is 2.30. The molecule has 3 nitrogen and oxygen atoms in total. The predicted molar refractivity (Wildman–Crippen MR) is 50.4 cm³/mol. The molecule has 0 spiro atoms. The van der Waals surface area contributed by atoms with Crippen molar-refractivity contribution in [3.8, 4) is 0 Å². The van der Waals surface area contributed by atoms with Crippen molar-refractivity contribution in [2.45, 2.75) is 58.7 Å². The van der Waals surface area contributed by atoms with E-state index in [1.54, 1.807) is 0 Å². The minimum Gasteiger partial charge on any atom is -0.328 e. The average molecular weight is 188 g/mol. The lowest BCUT2D eigenvalue weighted by Crippen LogP contribution is -2.31. The molecule has 0 radical (unpaired) electrons. The van der Waals surface area contributed by atoms with Gasteiger partial charge in [-0.1, -0.05) is 13.8 Å². The summed E-state index contributed by atoms with van der Waals surface area (Å²) in [7, 11) is 0. The van der Waals surface area contributed by atoms with Crippen molar-refractivity contribution in [3.63, 3.8) is 0 Å². The van der Waals surface area contributed by atoms with Crippen LogP contribution in [0.4, 0.5) is 0 Å². The molecular formula is C10H20O3. The van der Waals surface area contributed by atoms with E-state index >= 15 is 0 Å². The molecule has 0 aromatic rings. The molecule has 1 saturated heterocycles. The van der Waals surface area contributed by atoms with Crippen molar-refractivity contribution >= 4 is 0 Å². The second-order valence-corrected chi connectivity index (χ2v) is 3.60. The molecule has 3 heteroatoms. The van der Waals surface area contributed by atoms with Gasteiger partial charge in [-0.3, -0.25) is 0 Å². The molecule has 1 rings (SSSR count). The summed E-state index contributed by atoms with van der Waals surface area (Å²) >= 11 is 0. The van der Waals surface area contributed by atoms with Crippen LogP contribution in [0, 0.1) is 0 Å². The van der Waals surface area contributed by atoms with Crippen molar-refractivity contribution in [1.29, 1.82) is 0 Å². The van der Waals surface area contributed by atoms with Crippen LogP contribution in [0.5, 0.6) is 0 Å². The third-order valence-electron chi connectivity index (χ3n) is 2.26. The Hall–Kier alpha value is -0.120. The second kappa shape index (κ2) is 4.40. The first-order valence-electron chi connectivity index (χ1n) is 5.11. The van der Waals surface area contributed by atoms with Crippen molar-refractivity contribution in [3.05, 3.63) is 0 Å². The van der Waals surface area contributed by atoms with Gasteiger partial charge in [0, 0.05) is 6.92 Å². The van der Waals surface area contributed by atoms with Crippen molar-refractivity contribution < 1.29 is 14.2 Å². The summed E-state index contributed by atoms with van der Waals surface area (Å²) in [6.45, 7) is 8.71. The number of rotatable bonds is 4. The fraction of sp³-hybridized carbons (Fsp3) is 1.00. The molecule has 3 atom stereocenters. The van der Waals surface area contributed by atoms with Crippen molar-refractivity contribution in [2.75, 3.05) is 6.61 Å². The highest BCUT2D eigenvalue weighted by atomic mass is 16.9. The lowest BCUT2D eigenvalue weighted by molar-refractivity contribution is -0.329. The Morgan fingerprint density at radius 2 is 2.00 bits per heavy atom. The van der Waals surface area contributed by atoms with Gasteiger partial charge in [-0.15, -0.1) is 0 Å². The lowest BCUT2D eigenvalue weighted by atomic mass is 10.2. The molecule has 0 bridgehead atoms. The Morgan fingerprint density at radius 1 is 1.31 bits per heavy atom. The Kier molecular flexibility index (Phi) is 3.71. The zero-order chi connectivity index (χ0) is 9.90. The fourth-order valence-corrected chi connectivity index (χ4v) is 1.58. The second-order valence-electron chi connectivity index (χ2n) is 3.60. The van der Waals surface area contributed by atoms with Crippen molar-refractivity contribution in [2.24, 2.45) is 0 Å². The minimum absolute atomic E-state index is 0.131. The number of ether oxygens (including phenoxy) is 3. The average Bonchev–Trinajstić information content (AvgIpc) is 2.39. The molecule has 0 N–H and O–H groups in total. The van der Waals surface area contributed by atoms with Crippen LogP contribution >= 0.6 is 0 Å². The van der Waals surface area contributed by atoms with Crippen LogP contribution in [0.15, 0.2) is 0 Å². The molecule has 78 valence electrons. The van der Waals surface area contributed by atoms with E-state index in [9.17, 15) is 0 Å². The molecule has 0 aliphatic carbocycles. The zero-order valence-electron chi connectivity index (χ0n) is 9.00. The van der Waals surface area contributed by atoms with Crippen LogP contribution < -0.4 is 0 Å². The van der Waals surface area contributed by atoms with Crippen LogP contribution in [0.3, 0.4) is 0 Å². The smallest absolute Gasteiger partial charge is 0.280 e. The summed E-state index contributed by atoms with van der Waals surface area (Å²) in [6, 6.07) is 0. The van der Waals surface area contributed by atoms with Gasteiger partial charge in [-0.25, -0.2) is 0 Å². The molecule has 0 aromatic heterocycles. The van der Waals surface area contributed by atoms with E-state index in [0.717, 1.165) is 12.8 Å². The van der Waals surface area contributed by atoms with Gasteiger partial charge in [0.1, 0.15) is 0 Å². The first kappa shape index (κ1) is 11.0. The van der Waals surface area contributed by atoms with Gasteiger partial charge in [0.05, 0.1) is 18.8 Å². The lowest BCUT2D eigenvalue weighted by Gasteiger charge is -2.22. The Bertz CT molecular complexity index is 160. The Morgan fingerprint density at radius 3 is 2.46 bits per heavy atom. The van der Waals surface area contributed by atoms with E-state index < -0.39 is 5.97 Å². The minimum atomic E-state index is -0.809. The van der Waals surface area contributed by atoms with E-state index in [1.807, 2.05) is 13.8 Å². The number of hydrogen-bond donors (Lipinski definition) is 0. The normalized spacial score (nSPS) is 39.7. The maximum Gasteiger partial charge on any atom is 0.280 e. The topological polar surface area (TPSA) is 27.7 Å². The van der Waals surface area contributed by atoms with Gasteiger partial charge in [0.2, 0.25) is 0 Å². The van der Waals surface area contributed by atoms with E-state index in [4.69, 9.17) is 14.2 Å². The summed E-state index contributed by atoms with van der Waals surface area (Å²) in [5, 5.41) is 0. The van der Waals surface area contributed by atoms with Gasteiger partial charge in [-0.2, -0.15) is 0 Å². The van der Waals surface area contributed by atoms with Crippen molar-refractivity contribution in [1.82, 2.24) is 0 Å². The first-order chi connectivity index (χ1) is 6.11. The monoisotopic (exact) mass is 188 g/mol. The Labute approximate surface area is 80.4 Å². The molecule has 0 aromatic carbocycles. The van der Waals surface area contributed by atoms with Gasteiger partial charge in [-0.05, 0) is 19.8 Å². The highest BCUT2D eigenvalue weighted by Crippen LogP contribution is 2.30.